The average molecular weight is 679 g/mol. The molecule has 0 fully saturated rings. The van der Waals surface area contributed by atoms with Crippen molar-refractivity contribution in [3.05, 3.63) is 69.4 Å². The Labute approximate surface area is 287 Å². The molecule has 0 N–H and O–H groups in total. The summed E-state index contributed by atoms with van der Waals surface area (Å²) in [6.07, 6.45) is 19.5. The highest BCUT2D eigenvalue weighted by Crippen LogP contribution is 2.47. The van der Waals surface area contributed by atoms with E-state index in [1.165, 1.54) is 140 Å². The van der Waals surface area contributed by atoms with Crippen molar-refractivity contribution in [1.82, 2.24) is 0 Å². The topological polar surface area (TPSA) is 0 Å². The lowest BCUT2D eigenvalue weighted by Crippen LogP contribution is -1.85. The van der Waals surface area contributed by atoms with Gasteiger partial charge in [-0.2, -0.15) is 0 Å². The summed E-state index contributed by atoms with van der Waals surface area (Å²) in [7, 11) is 0. The van der Waals surface area contributed by atoms with Gasteiger partial charge in [0.05, 0.1) is 0 Å². The number of rotatable bonds is 19. The number of hydrogen-bond donors (Lipinski definition) is 0. The molecular weight excluding hydrogens is 629 g/mol. The standard InChI is InChI=1S/C39H50S5/c1-5-8-11-14-17-29-26-28(4)40-38(29)35-24-22-32(42-35)33-23-25-36(43-33)39-30(18-15-12-9-6-2)27-37(44-39)34-21-20-31(41-34)19-16-13-10-7-3/h20-27H,5-19H2,1-4H3. The van der Waals surface area contributed by atoms with Crippen LogP contribution in [-0.4, -0.2) is 0 Å². The van der Waals surface area contributed by atoms with Gasteiger partial charge in [0, 0.05) is 48.8 Å². The molecule has 0 saturated heterocycles. The highest BCUT2D eigenvalue weighted by atomic mass is 32.1. The molecule has 5 heteroatoms. The van der Waals surface area contributed by atoms with Gasteiger partial charge >= 0.3 is 0 Å². The van der Waals surface area contributed by atoms with Crippen molar-refractivity contribution in [2.75, 3.05) is 0 Å². The van der Waals surface area contributed by atoms with Crippen molar-refractivity contribution in [3.8, 4) is 39.0 Å². The summed E-state index contributed by atoms with van der Waals surface area (Å²) < 4.78 is 0. The molecule has 0 amide bonds. The first kappa shape index (κ1) is 33.9. The third-order valence-corrected chi connectivity index (χ3v) is 14.8. The molecule has 5 aromatic rings. The van der Waals surface area contributed by atoms with Crippen LogP contribution in [0.4, 0.5) is 0 Å². The first-order valence-corrected chi connectivity index (χ1v) is 21.2. The first-order chi connectivity index (χ1) is 21.6. The van der Waals surface area contributed by atoms with Gasteiger partial charge in [-0.3, -0.25) is 0 Å². The lowest BCUT2D eigenvalue weighted by molar-refractivity contribution is 0.668. The van der Waals surface area contributed by atoms with Crippen molar-refractivity contribution in [2.45, 2.75) is 124 Å². The molecule has 44 heavy (non-hydrogen) atoms. The quantitative estimate of drug-likeness (QED) is 0.0763. The molecule has 0 aliphatic heterocycles. The Hall–Kier alpha value is -1.50. The average Bonchev–Trinajstić information content (AvgIpc) is 3.85. The van der Waals surface area contributed by atoms with E-state index in [-0.39, 0.29) is 0 Å². The molecule has 5 heterocycles. The van der Waals surface area contributed by atoms with E-state index in [2.05, 4.69) is 76.2 Å². The maximum Gasteiger partial charge on any atom is 0.0481 e. The van der Waals surface area contributed by atoms with Crippen LogP contribution >= 0.6 is 56.7 Å². The molecule has 5 rings (SSSR count). The zero-order chi connectivity index (χ0) is 30.7. The molecule has 0 aliphatic rings. The van der Waals surface area contributed by atoms with Crippen LogP contribution in [0.3, 0.4) is 0 Å². The number of thiophene rings is 5. The monoisotopic (exact) mass is 678 g/mol. The van der Waals surface area contributed by atoms with Crippen LogP contribution in [0.1, 0.15) is 119 Å². The summed E-state index contributed by atoms with van der Waals surface area (Å²) in [6.45, 7) is 9.17. The van der Waals surface area contributed by atoms with Gasteiger partial charge < -0.3 is 0 Å². The predicted molar refractivity (Wildman–Crippen MR) is 206 cm³/mol. The smallest absolute Gasteiger partial charge is 0.0481 e. The summed E-state index contributed by atoms with van der Waals surface area (Å²) in [6, 6.07) is 19.2. The Morgan fingerprint density at radius 2 is 0.886 bits per heavy atom. The lowest BCUT2D eigenvalue weighted by atomic mass is 10.1. The zero-order valence-electron chi connectivity index (χ0n) is 27.3. The van der Waals surface area contributed by atoms with E-state index in [4.69, 9.17) is 0 Å². The largest absolute Gasteiger partial charge is 0.139 e. The Morgan fingerprint density at radius 1 is 0.409 bits per heavy atom. The van der Waals surface area contributed by atoms with Crippen LogP contribution in [0.15, 0.2) is 48.5 Å². The van der Waals surface area contributed by atoms with Crippen LogP contribution < -0.4 is 0 Å². The van der Waals surface area contributed by atoms with Crippen LogP contribution in [0.5, 0.6) is 0 Å². The van der Waals surface area contributed by atoms with Crippen LogP contribution in [0, 0.1) is 6.92 Å². The van der Waals surface area contributed by atoms with E-state index in [0.717, 1.165) is 0 Å². The normalized spacial score (nSPS) is 11.6. The van der Waals surface area contributed by atoms with Crippen LogP contribution in [0.25, 0.3) is 39.0 Å². The highest BCUT2D eigenvalue weighted by Gasteiger charge is 2.18. The Bertz CT molecular complexity index is 1550. The molecule has 0 saturated carbocycles. The van der Waals surface area contributed by atoms with E-state index < -0.39 is 0 Å². The van der Waals surface area contributed by atoms with Crippen LogP contribution in [0.2, 0.25) is 0 Å². The van der Waals surface area contributed by atoms with E-state index in [9.17, 15) is 0 Å². The molecule has 236 valence electrons. The predicted octanol–water partition coefficient (Wildman–Crippen LogP) is 15.3. The fraction of sp³-hybridized carbons (Fsp3) is 0.487. The maximum atomic E-state index is 2.53. The van der Waals surface area contributed by atoms with Gasteiger partial charge in [-0.25, -0.2) is 0 Å². The number of unbranched alkanes of at least 4 members (excludes halogenated alkanes) is 9. The summed E-state index contributed by atoms with van der Waals surface area (Å²) in [5.41, 5.74) is 3.11. The number of hydrogen-bond acceptors (Lipinski definition) is 5. The van der Waals surface area contributed by atoms with Crippen molar-refractivity contribution in [1.29, 1.82) is 0 Å². The van der Waals surface area contributed by atoms with Gasteiger partial charge in [0.25, 0.3) is 0 Å². The van der Waals surface area contributed by atoms with E-state index >= 15 is 0 Å². The van der Waals surface area contributed by atoms with Crippen LogP contribution in [-0.2, 0) is 19.3 Å². The zero-order valence-corrected chi connectivity index (χ0v) is 31.3. The van der Waals surface area contributed by atoms with Crippen molar-refractivity contribution in [3.63, 3.8) is 0 Å². The van der Waals surface area contributed by atoms with E-state index in [1.54, 1.807) is 16.0 Å². The number of aryl methyl sites for hydroxylation is 4. The fourth-order valence-corrected chi connectivity index (χ4v) is 11.7. The van der Waals surface area contributed by atoms with E-state index in [1.807, 2.05) is 56.7 Å². The van der Waals surface area contributed by atoms with Crippen molar-refractivity contribution < 1.29 is 0 Å². The minimum Gasteiger partial charge on any atom is -0.139 e. The van der Waals surface area contributed by atoms with Gasteiger partial charge in [-0.1, -0.05) is 78.6 Å². The minimum atomic E-state index is 1.19. The van der Waals surface area contributed by atoms with Gasteiger partial charge in [0.2, 0.25) is 0 Å². The summed E-state index contributed by atoms with van der Waals surface area (Å²) in [5, 5.41) is 0. The molecular formula is C39H50S5. The minimum absolute atomic E-state index is 1.19. The fourth-order valence-electron chi connectivity index (χ4n) is 5.95. The Morgan fingerprint density at radius 3 is 1.48 bits per heavy atom. The molecule has 0 aromatic carbocycles. The third kappa shape index (κ3) is 9.06. The second-order valence-corrected chi connectivity index (χ2v) is 17.8. The second-order valence-electron chi connectivity index (χ2n) is 12.2. The molecule has 0 nitrogen and oxygen atoms in total. The molecule has 0 atom stereocenters. The lowest BCUT2D eigenvalue weighted by Gasteiger charge is -2.02. The Balaban J connectivity index is 1.35. The van der Waals surface area contributed by atoms with E-state index in [0.29, 0.717) is 0 Å². The highest BCUT2D eigenvalue weighted by molar-refractivity contribution is 7.29. The third-order valence-electron chi connectivity index (χ3n) is 8.42. The van der Waals surface area contributed by atoms with Gasteiger partial charge in [0.15, 0.2) is 0 Å². The Kier molecular flexibility index (Phi) is 13.4. The molecule has 0 aliphatic carbocycles. The maximum absolute atomic E-state index is 2.53. The van der Waals surface area contributed by atoms with Gasteiger partial charge in [-0.15, -0.1) is 56.7 Å². The molecule has 5 aromatic heterocycles. The van der Waals surface area contributed by atoms with Gasteiger partial charge in [-0.05, 0) is 105 Å². The van der Waals surface area contributed by atoms with Crippen molar-refractivity contribution >= 4 is 56.7 Å². The second kappa shape index (κ2) is 17.4. The molecule has 0 spiro atoms. The van der Waals surface area contributed by atoms with Gasteiger partial charge in [0.1, 0.15) is 0 Å². The molecule has 0 bridgehead atoms. The summed E-state index contributed by atoms with van der Waals surface area (Å²) >= 11 is 10.0. The SMILES string of the molecule is CCCCCCc1ccc(-c2cc(CCCCCC)c(-c3ccc(-c4ccc(-c5sc(C)cc5CCCCCC)s4)s3)s2)s1. The first-order valence-electron chi connectivity index (χ1n) is 17.1. The summed E-state index contributed by atoms with van der Waals surface area (Å²) in [5.74, 6) is 0. The van der Waals surface area contributed by atoms with Crippen molar-refractivity contribution in [2.24, 2.45) is 0 Å². The molecule has 0 unspecified atom stereocenters. The molecule has 0 radical (unpaired) electrons. The summed E-state index contributed by atoms with van der Waals surface area (Å²) in [4.78, 5) is 14.6.